The SMILES string of the molecule is CCN1CCN(CC(C)CNC(=O)c2csc(CN)n2)CC1.Cl.Cl.Cl. The molecule has 1 fully saturated rings. The Hall–Kier alpha value is -0.150. The van der Waals surface area contributed by atoms with Crippen molar-refractivity contribution in [2.24, 2.45) is 11.7 Å². The fourth-order valence-corrected chi connectivity index (χ4v) is 3.31. The highest BCUT2D eigenvalue weighted by atomic mass is 35.5. The van der Waals surface area contributed by atoms with Crippen LogP contribution >= 0.6 is 48.6 Å². The summed E-state index contributed by atoms with van der Waals surface area (Å²) in [6.07, 6.45) is 0. The minimum atomic E-state index is -0.0985. The van der Waals surface area contributed by atoms with Crippen LogP contribution < -0.4 is 11.1 Å². The summed E-state index contributed by atoms with van der Waals surface area (Å²) in [6.45, 7) is 12.2. The highest BCUT2D eigenvalue weighted by molar-refractivity contribution is 7.09. The predicted octanol–water partition coefficient (Wildman–Crippen LogP) is 1.87. The lowest BCUT2D eigenvalue weighted by molar-refractivity contribution is 0.0929. The van der Waals surface area contributed by atoms with Crippen LogP contribution in [0.1, 0.15) is 29.3 Å². The number of hydrogen-bond donors (Lipinski definition) is 2. The van der Waals surface area contributed by atoms with Gasteiger partial charge in [-0.25, -0.2) is 4.98 Å². The quantitative estimate of drug-likeness (QED) is 0.685. The largest absolute Gasteiger partial charge is 0.350 e. The molecule has 0 saturated carbocycles. The van der Waals surface area contributed by atoms with E-state index < -0.39 is 0 Å². The predicted molar refractivity (Wildman–Crippen MR) is 112 cm³/mol. The summed E-state index contributed by atoms with van der Waals surface area (Å²) in [5.41, 5.74) is 6.00. The normalized spacial score (nSPS) is 16.1. The highest BCUT2D eigenvalue weighted by Crippen LogP contribution is 2.09. The molecule has 10 heteroatoms. The summed E-state index contributed by atoms with van der Waals surface area (Å²) in [5.74, 6) is 0.336. The van der Waals surface area contributed by atoms with E-state index >= 15 is 0 Å². The fourth-order valence-electron chi connectivity index (χ4n) is 2.66. The molecule has 0 aromatic carbocycles. The second-order valence-electron chi connectivity index (χ2n) is 5.88. The van der Waals surface area contributed by atoms with Gasteiger partial charge in [-0.1, -0.05) is 13.8 Å². The van der Waals surface area contributed by atoms with Crippen molar-refractivity contribution in [2.75, 3.05) is 45.8 Å². The second kappa shape index (κ2) is 14.0. The van der Waals surface area contributed by atoms with E-state index in [2.05, 4.69) is 33.9 Å². The van der Waals surface area contributed by atoms with Gasteiger partial charge in [0.2, 0.25) is 0 Å². The van der Waals surface area contributed by atoms with E-state index in [0.29, 0.717) is 24.7 Å². The van der Waals surface area contributed by atoms with Crippen molar-refractivity contribution in [1.29, 1.82) is 0 Å². The average molecular weight is 435 g/mol. The summed E-state index contributed by atoms with van der Waals surface area (Å²) in [4.78, 5) is 21.2. The van der Waals surface area contributed by atoms with Crippen molar-refractivity contribution in [3.8, 4) is 0 Å². The zero-order valence-electron chi connectivity index (χ0n) is 14.8. The molecule has 1 atom stereocenters. The molecule has 6 nitrogen and oxygen atoms in total. The molecule has 0 spiro atoms. The molecule has 1 amide bonds. The number of nitrogens with two attached hydrogens (primary N) is 1. The van der Waals surface area contributed by atoms with Gasteiger partial charge in [0.15, 0.2) is 0 Å². The Morgan fingerprint density at radius 1 is 1.28 bits per heavy atom. The van der Waals surface area contributed by atoms with Gasteiger partial charge in [-0.05, 0) is 12.5 Å². The third-order valence-electron chi connectivity index (χ3n) is 4.05. The highest BCUT2D eigenvalue weighted by Gasteiger charge is 2.18. The van der Waals surface area contributed by atoms with Crippen molar-refractivity contribution in [2.45, 2.75) is 20.4 Å². The molecule has 3 N–H and O–H groups in total. The van der Waals surface area contributed by atoms with Gasteiger partial charge in [0.1, 0.15) is 10.7 Å². The molecule has 1 aliphatic rings. The molecule has 25 heavy (non-hydrogen) atoms. The third kappa shape index (κ3) is 8.86. The van der Waals surface area contributed by atoms with Gasteiger partial charge >= 0.3 is 0 Å². The number of likely N-dealkylation sites (N-methyl/N-ethyl adjacent to an activating group) is 1. The smallest absolute Gasteiger partial charge is 0.270 e. The molecule has 1 aliphatic heterocycles. The summed E-state index contributed by atoms with van der Waals surface area (Å²) in [5, 5.41) is 5.54. The van der Waals surface area contributed by atoms with Crippen LogP contribution in [0.3, 0.4) is 0 Å². The van der Waals surface area contributed by atoms with E-state index in [0.717, 1.165) is 44.3 Å². The minimum absolute atomic E-state index is 0. The zero-order chi connectivity index (χ0) is 15.9. The fraction of sp³-hybridized carbons (Fsp3) is 0.733. The van der Waals surface area contributed by atoms with E-state index in [1.807, 2.05) is 0 Å². The molecule has 2 heterocycles. The summed E-state index contributed by atoms with van der Waals surface area (Å²) in [7, 11) is 0. The first-order chi connectivity index (χ1) is 10.6. The topological polar surface area (TPSA) is 74.5 Å². The van der Waals surface area contributed by atoms with Crippen LogP contribution in [0.5, 0.6) is 0 Å². The van der Waals surface area contributed by atoms with Crippen molar-refractivity contribution in [3.05, 3.63) is 16.1 Å². The summed E-state index contributed by atoms with van der Waals surface area (Å²) in [6, 6.07) is 0. The summed E-state index contributed by atoms with van der Waals surface area (Å²) >= 11 is 1.43. The summed E-state index contributed by atoms with van der Waals surface area (Å²) < 4.78 is 0. The lowest BCUT2D eigenvalue weighted by atomic mass is 10.1. The van der Waals surface area contributed by atoms with Crippen LogP contribution in [0.2, 0.25) is 0 Å². The Morgan fingerprint density at radius 3 is 2.40 bits per heavy atom. The van der Waals surface area contributed by atoms with Crippen molar-refractivity contribution >= 4 is 54.5 Å². The second-order valence-corrected chi connectivity index (χ2v) is 6.82. The van der Waals surface area contributed by atoms with Crippen molar-refractivity contribution in [3.63, 3.8) is 0 Å². The Labute approximate surface area is 173 Å². The monoisotopic (exact) mass is 433 g/mol. The van der Waals surface area contributed by atoms with Gasteiger partial charge in [0.25, 0.3) is 5.91 Å². The van der Waals surface area contributed by atoms with Crippen LogP contribution in [0.4, 0.5) is 0 Å². The maximum atomic E-state index is 12.0. The Bertz CT molecular complexity index is 483. The zero-order valence-corrected chi connectivity index (χ0v) is 18.0. The maximum absolute atomic E-state index is 12.0. The van der Waals surface area contributed by atoms with Gasteiger partial charge in [-0.2, -0.15) is 0 Å². The molecular formula is C15H30Cl3N5OS. The van der Waals surface area contributed by atoms with Gasteiger partial charge < -0.3 is 20.9 Å². The number of rotatable bonds is 7. The first-order valence-electron chi connectivity index (χ1n) is 7.99. The Morgan fingerprint density at radius 2 is 1.88 bits per heavy atom. The molecule has 1 saturated heterocycles. The first-order valence-corrected chi connectivity index (χ1v) is 8.87. The van der Waals surface area contributed by atoms with Crippen LogP contribution in [0, 0.1) is 5.92 Å². The standard InChI is InChI=1S/C15H27N5OS.3ClH/c1-3-19-4-6-20(7-5-19)10-12(2)9-17-15(21)13-11-22-14(8-16)18-13;;;/h11-12H,3-10,16H2,1-2H3,(H,17,21);3*1H. The average Bonchev–Trinajstić information content (AvgIpc) is 3.02. The van der Waals surface area contributed by atoms with Gasteiger partial charge in [0, 0.05) is 51.2 Å². The van der Waals surface area contributed by atoms with E-state index in [1.54, 1.807) is 5.38 Å². The van der Waals surface area contributed by atoms with Gasteiger partial charge in [-0.15, -0.1) is 48.6 Å². The van der Waals surface area contributed by atoms with Crippen LogP contribution in [0.25, 0.3) is 0 Å². The number of carbonyl (C=O) groups is 1. The van der Waals surface area contributed by atoms with E-state index in [4.69, 9.17) is 5.73 Å². The molecule has 1 aromatic heterocycles. The molecule has 2 rings (SSSR count). The number of thiazole rings is 1. The molecule has 1 aromatic rings. The minimum Gasteiger partial charge on any atom is -0.350 e. The maximum Gasteiger partial charge on any atom is 0.270 e. The van der Waals surface area contributed by atoms with Crippen LogP contribution in [-0.4, -0.2) is 66.5 Å². The number of nitrogens with one attached hydrogen (secondary N) is 1. The third-order valence-corrected chi connectivity index (χ3v) is 4.92. The molecule has 148 valence electrons. The Kier molecular flexibility index (Phi) is 15.1. The number of hydrogen-bond acceptors (Lipinski definition) is 6. The van der Waals surface area contributed by atoms with Crippen molar-refractivity contribution < 1.29 is 4.79 Å². The van der Waals surface area contributed by atoms with Gasteiger partial charge in [0.05, 0.1) is 0 Å². The molecule has 1 unspecified atom stereocenters. The number of amides is 1. The molecule has 0 aliphatic carbocycles. The number of carbonyl (C=O) groups excluding carboxylic acids is 1. The van der Waals surface area contributed by atoms with E-state index in [1.165, 1.54) is 11.3 Å². The lowest BCUT2D eigenvalue weighted by Gasteiger charge is -2.35. The lowest BCUT2D eigenvalue weighted by Crippen LogP contribution is -2.48. The number of halogens is 3. The molecule has 0 bridgehead atoms. The van der Waals surface area contributed by atoms with Crippen molar-refractivity contribution in [1.82, 2.24) is 20.1 Å². The Balaban J connectivity index is 0. The van der Waals surface area contributed by atoms with E-state index in [-0.39, 0.29) is 43.1 Å². The number of aromatic nitrogens is 1. The number of piperazine rings is 1. The first kappa shape index (κ1) is 27.1. The van der Waals surface area contributed by atoms with Crippen LogP contribution in [0.15, 0.2) is 5.38 Å². The number of nitrogens with zero attached hydrogens (tertiary/aromatic N) is 3. The van der Waals surface area contributed by atoms with Crippen LogP contribution in [-0.2, 0) is 6.54 Å². The molecule has 0 radical (unpaired) electrons. The van der Waals surface area contributed by atoms with Gasteiger partial charge in [-0.3, -0.25) is 4.79 Å². The molecular weight excluding hydrogens is 405 g/mol. The van der Waals surface area contributed by atoms with E-state index in [9.17, 15) is 4.79 Å².